The van der Waals surface area contributed by atoms with E-state index in [0.29, 0.717) is 0 Å². The number of primary amides is 1. The molecule has 0 fully saturated rings. The van der Waals surface area contributed by atoms with Gasteiger partial charge in [0, 0.05) is 0 Å². The normalized spacial score (nSPS) is 13.2. The van der Waals surface area contributed by atoms with Gasteiger partial charge in [-0.1, -0.05) is 0 Å². The summed E-state index contributed by atoms with van der Waals surface area (Å²) in [6.45, 7) is 1.53. The van der Waals surface area contributed by atoms with Crippen LogP contribution in [0.15, 0.2) is 4.42 Å². The van der Waals surface area contributed by atoms with E-state index in [0.717, 1.165) is 0 Å². The first-order valence-electron chi connectivity index (χ1n) is 3.91. The zero-order valence-corrected chi connectivity index (χ0v) is 6.77. The Hall–Kier alpha value is -1.92. The molecule has 0 aliphatic heterocycles. The number of carbonyl (C=O) groups excluding carboxylic acids is 2. The maximum Gasteiger partial charge on any atom is 0.306 e. The van der Waals surface area contributed by atoms with E-state index < -0.39 is 18.3 Å². The Labute approximate surface area is 74.7 Å². The molecule has 13 heavy (non-hydrogen) atoms. The van der Waals surface area contributed by atoms with Crippen molar-refractivity contribution >= 4 is 12.3 Å². The van der Waals surface area contributed by atoms with Gasteiger partial charge in [-0.2, -0.15) is 0 Å². The van der Waals surface area contributed by atoms with Gasteiger partial charge in [-0.3, -0.25) is 9.59 Å². The third-order valence-electron chi connectivity index (χ3n) is 1.30. The van der Waals surface area contributed by atoms with Gasteiger partial charge in [0.25, 0.3) is 0 Å². The average molecular weight is 185 g/mol. The second-order valence-corrected chi connectivity index (χ2v) is 2.28. The lowest BCUT2D eigenvalue weighted by Gasteiger charge is -2.01. The van der Waals surface area contributed by atoms with Crippen molar-refractivity contribution in [2.24, 2.45) is 5.73 Å². The number of rotatable bonds is 3. The van der Waals surface area contributed by atoms with Gasteiger partial charge in [0.05, 0.1) is 0 Å². The molecule has 0 saturated heterocycles. The van der Waals surface area contributed by atoms with E-state index in [9.17, 15) is 9.59 Å². The molecule has 0 aromatic carbocycles. The molecule has 0 aliphatic rings. The van der Waals surface area contributed by atoms with E-state index in [2.05, 4.69) is 15.5 Å². The predicted molar refractivity (Wildman–Crippen MR) is 40.4 cm³/mol. The molecule has 1 rings (SSSR count). The molecular weight excluding hydrogens is 176 g/mol. The van der Waals surface area contributed by atoms with Crippen molar-refractivity contribution in [3.8, 4) is 0 Å². The summed E-state index contributed by atoms with van der Waals surface area (Å²) in [5.74, 6) is -1.14. The van der Waals surface area contributed by atoms with E-state index >= 15 is 0 Å². The molecule has 70 valence electrons. The Balaban J connectivity index is 2.76. The quantitative estimate of drug-likeness (QED) is 0.585. The van der Waals surface area contributed by atoms with Crippen molar-refractivity contribution in [1.82, 2.24) is 15.5 Å². The highest BCUT2D eigenvalue weighted by molar-refractivity contribution is 5.87. The first-order chi connectivity index (χ1) is 6.50. The minimum Gasteiger partial charge on any atom is -0.415 e. The molecular formula is C6H8N4O3. The molecule has 1 unspecified atom stereocenters. The fourth-order valence-corrected chi connectivity index (χ4v) is 0.659. The highest BCUT2D eigenvalue weighted by Crippen LogP contribution is 2.08. The Morgan fingerprint density at radius 1 is 1.85 bits per heavy atom. The number of carbonyl (C=O) groups is 2. The average Bonchev–Trinajstić information content (AvgIpc) is 2.50. The van der Waals surface area contributed by atoms with Crippen LogP contribution >= 0.6 is 0 Å². The van der Waals surface area contributed by atoms with Crippen molar-refractivity contribution in [2.75, 3.05) is 0 Å². The van der Waals surface area contributed by atoms with Crippen molar-refractivity contribution in [2.45, 2.75) is 13.0 Å². The maximum atomic E-state index is 10.6. The molecule has 1 aromatic rings. The van der Waals surface area contributed by atoms with Gasteiger partial charge in [0.1, 0.15) is 7.41 Å². The van der Waals surface area contributed by atoms with Gasteiger partial charge in [-0.15, -0.1) is 10.2 Å². The van der Waals surface area contributed by atoms with Crippen molar-refractivity contribution in [1.29, 1.82) is 0 Å². The highest BCUT2D eigenvalue weighted by Gasteiger charge is 2.15. The molecule has 0 radical (unpaired) electrons. The lowest BCUT2D eigenvalue weighted by atomic mass is 10.3. The monoisotopic (exact) mass is 185 g/mol. The van der Waals surface area contributed by atoms with Crippen molar-refractivity contribution in [3.05, 3.63) is 11.8 Å². The SMILES string of the molecule is [2H]C(=O)NC(C)c1nnc(C(N)=O)o1. The molecule has 0 bridgehead atoms. The molecule has 0 saturated carbocycles. The van der Waals surface area contributed by atoms with Gasteiger partial charge >= 0.3 is 11.8 Å². The van der Waals surface area contributed by atoms with Crippen LogP contribution in [0.5, 0.6) is 0 Å². The third kappa shape index (κ3) is 2.01. The minimum absolute atomic E-state index is 0.0272. The molecule has 3 N–H and O–H groups in total. The molecule has 0 spiro atoms. The van der Waals surface area contributed by atoms with E-state index in [4.69, 9.17) is 11.5 Å². The summed E-state index contributed by atoms with van der Waals surface area (Å²) < 4.78 is 11.4. The van der Waals surface area contributed by atoms with Crippen LogP contribution in [-0.2, 0) is 4.79 Å². The van der Waals surface area contributed by atoms with Gasteiger partial charge in [-0.05, 0) is 6.92 Å². The van der Waals surface area contributed by atoms with Crippen molar-refractivity contribution in [3.63, 3.8) is 0 Å². The standard InChI is InChI=1S/C6H8N4O3/c1-3(8-2-11)5-9-10-6(13-5)4(7)12/h2-3H,1H3,(H2,7,12)(H,8,11)/i2D. The van der Waals surface area contributed by atoms with Crippen LogP contribution in [0, 0.1) is 0 Å². The smallest absolute Gasteiger partial charge is 0.306 e. The van der Waals surface area contributed by atoms with E-state index in [1.54, 1.807) is 0 Å². The summed E-state index contributed by atoms with van der Waals surface area (Å²) in [5, 5.41) is 9.01. The van der Waals surface area contributed by atoms with Gasteiger partial charge in [0.15, 0.2) is 0 Å². The number of aromatic nitrogens is 2. The van der Waals surface area contributed by atoms with Crippen LogP contribution in [0.3, 0.4) is 0 Å². The van der Waals surface area contributed by atoms with Crippen LogP contribution < -0.4 is 11.1 Å². The topological polar surface area (TPSA) is 111 Å². The van der Waals surface area contributed by atoms with Crippen LogP contribution in [-0.4, -0.2) is 22.5 Å². The Kier molecular flexibility index (Phi) is 2.17. The summed E-state index contributed by atoms with van der Waals surface area (Å²) >= 11 is 0. The maximum absolute atomic E-state index is 10.6. The first-order valence-corrected chi connectivity index (χ1v) is 3.41. The largest absolute Gasteiger partial charge is 0.415 e. The predicted octanol–water partition coefficient (Wildman–Crippen LogP) is -1.02. The minimum atomic E-state index is -0.976. The Bertz CT molecular complexity index is 364. The molecule has 0 aliphatic carbocycles. The molecule has 1 heterocycles. The Morgan fingerprint density at radius 2 is 2.54 bits per heavy atom. The van der Waals surface area contributed by atoms with Crippen LogP contribution in [0.2, 0.25) is 0 Å². The number of nitrogens with one attached hydrogen (secondary N) is 1. The lowest BCUT2D eigenvalue weighted by molar-refractivity contribution is -0.110. The second-order valence-electron chi connectivity index (χ2n) is 2.28. The van der Waals surface area contributed by atoms with Crippen molar-refractivity contribution < 1.29 is 15.4 Å². The van der Waals surface area contributed by atoms with E-state index in [-0.39, 0.29) is 11.8 Å². The van der Waals surface area contributed by atoms with Crippen LogP contribution in [0.4, 0.5) is 0 Å². The third-order valence-corrected chi connectivity index (χ3v) is 1.30. The number of nitrogens with two attached hydrogens (primary N) is 1. The summed E-state index contributed by atoms with van der Waals surface area (Å²) in [7, 11) is 0. The number of amides is 2. The molecule has 7 heteroatoms. The van der Waals surface area contributed by atoms with Crippen LogP contribution in [0.25, 0.3) is 0 Å². The summed E-state index contributed by atoms with van der Waals surface area (Å²) in [4.78, 5) is 20.9. The van der Waals surface area contributed by atoms with Gasteiger partial charge in [0.2, 0.25) is 12.3 Å². The zero-order valence-electron chi connectivity index (χ0n) is 7.77. The summed E-state index contributed by atoms with van der Waals surface area (Å²) in [6, 6.07) is -0.624. The van der Waals surface area contributed by atoms with Gasteiger partial charge < -0.3 is 15.5 Å². The number of hydrogen-bond acceptors (Lipinski definition) is 5. The van der Waals surface area contributed by atoms with Gasteiger partial charge in [-0.25, -0.2) is 0 Å². The number of hydrogen-bond donors (Lipinski definition) is 2. The molecule has 1 aromatic heterocycles. The highest BCUT2D eigenvalue weighted by atomic mass is 16.4. The molecule has 7 nitrogen and oxygen atoms in total. The number of nitrogens with zero attached hydrogens (tertiary/aromatic N) is 2. The molecule has 1 atom stereocenters. The Morgan fingerprint density at radius 3 is 3.00 bits per heavy atom. The fourth-order valence-electron chi connectivity index (χ4n) is 0.659. The first kappa shape index (κ1) is 7.71. The van der Waals surface area contributed by atoms with E-state index in [1.165, 1.54) is 6.92 Å². The summed E-state index contributed by atoms with van der Waals surface area (Å²) in [6.07, 6.45) is -0.976. The van der Waals surface area contributed by atoms with Crippen LogP contribution in [0.1, 0.15) is 30.9 Å². The molecule has 2 amide bonds. The zero-order chi connectivity index (χ0) is 10.7. The fraction of sp³-hybridized carbons (Fsp3) is 0.333. The lowest BCUT2D eigenvalue weighted by Crippen LogP contribution is -2.16. The summed E-state index contributed by atoms with van der Waals surface area (Å²) in [5.41, 5.74) is 4.87. The second kappa shape index (κ2) is 3.65. The van der Waals surface area contributed by atoms with E-state index in [1.807, 2.05) is 0 Å².